The standard InChI is InChI=1S/C24H21N3O/c1-18-23(17-26-27(18)22-13-6-3-7-14-22)24(28)25-16-19-9-8-12-21(15-19)20-10-4-2-5-11-20/h2-15,17H,16H2,1H3,(H,25,28). The second-order valence-corrected chi connectivity index (χ2v) is 6.64. The van der Waals surface area contributed by atoms with E-state index in [1.165, 1.54) is 0 Å². The molecule has 4 heteroatoms. The van der Waals surface area contributed by atoms with E-state index < -0.39 is 0 Å². The van der Waals surface area contributed by atoms with Crippen molar-refractivity contribution in [3.63, 3.8) is 0 Å². The zero-order valence-electron chi connectivity index (χ0n) is 15.7. The number of carbonyl (C=O) groups is 1. The predicted molar refractivity (Wildman–Crippen MR) is 111 cm³/mol. The maximum Gasteiger partial charge on any atom is 0.255 e. The van der Waals surface area contributed by atoms with Gasteiger partial charge in [-0.3, -0.25) is 4.79 Å². The first-order valence-electron chi connectivity index (χ1n) is 9.25. The van der Waals surface area contributed by atoms with Crippen molar-refractivity contribution < 1.29 is 4.79 Å². The van der Waals surface area contributed by atoms with Crippen molar-refractivity contribution in [3.05, 3.63) is 108 Å². The lowest BCUT2D eigenvalue weighted by Gasteiger charge is -2.08. The summed E-state index contributed by atoms with van der Waals surface area (Å²) < 4.78 is 1.78. The van der Waals surface area contributed by atoms with Crippen molar-refractivity contribution >= 4 is 5.91 Å². The predicted octanol–water partition coefficient (Wildman–Crippen LogP) is 4.78. The Labute approximate surface area is 164 Å². The molecule has 1 aromatic heterocycles. The average Bonchev–Trinajstić information content (AvgIpc) is 3.15. The van der Waals surface area contributed by atoms with Crippen molar-refractivity contribution in [1.29, 1.82) is 0 Å². The summed E-state index contributed by atoms with van der Waals surface area (Å²) in [7, 11) is 0. The maximum atomic E-state index is 12.7. The van der Waals surface area contributed by atoms with Crippen molar-refractivity contribution in [2.45, 2.75) is 13.5 Å². The van der Waals surface area contributed by atoms with E-state index in [1.807, 2.05) is 67.6 Å². The summed E-state index contributed by atoms with van der Waals surface area (Å²) in [6.07, 6.45) is 1.62. The van der Waals surface area contributed by atoms with Gasteiger partial charge in [0.15, 0.2) is 0 Å². The second-order valence-electron chi connectivity index (χ2n) is 6.64. The van der Waals surface area contributed by atoms with E-state index in [9.17, 15) is 4.79 Å². The molecule has 0 aliphatic carbocycles. The highest BCUT2D eigenvalue weighted by molar-refractivity contribution is 5.95. The molecule has 0 atom stereocenters. The lowest BCUT2D eigenvalue weighted by atomic mass is 10.0. The Kier molecular flexibility index (Phi) is 5.02. The first-order valence-corrected chi connectivity index (χ1v) is 9.25. The molecule has 0 fully saturated rings. The molecule has 4 aromatic rings. The van der Waals surface area contributed by atoms with Crippen LogP contribution in [0.25, 0.3) is 16.8 Å². The number of benzene rings is 3. The van der Waals surface area contributed by atoms with Crippen LogP contribution in [0.2, 0.25) is 0 Å². The fourth-order valence-electron chi connectivity index (χ4n) is 3.23. The molecule has 0 aliphatic heterocycles. The molecule has 0 unspecified atom stereocenters. The third-order valence-corrected chi connectivity index (χ3v) is 4.74. The van der Waals surface area contributed by atoms with Gasteiger partial charge in [-0.05, 0) is 41.8 Å². The highest BCUT2D eigenvalue weighted by Crippen LogP contribution is 2.20. The molecule has 3 aromatic carbocycles. The summed E-state index contributed by atoms with van der Waals surface area (Å²) in [6.45, 7) is 2.38. The molecule has 28 heavy (non-hydrogen) atoms. The van der Waals surface area contributed by atoms with Gasteiger partial charge in [0.2, 0.25) is 0 Å². The molecule has 4 rings (SSSR count). The van der Waals surface area contributed by atoms with E-state index >= 15 is 0 Å². The Morgan fingerprint density at radius 3 is 2.32 bits per heavy atom. The van der Waals surface area contributed by atoms with Gasteiger partial charge in [0.1, 0.15) is 0 Å². The van der Waals surface area contributed by atoms with Crippen LogP contribution in [0.1, 0.15) is 21.6 Å². The minimum atomic E-state index is -0.121. The van der Waals surface area contributed by atoms with Gasteiger partial charge in [-0.15, -0.1) is 0 Å². The summed E-state index contributed by atoms with van der Waals surface area (Å²) >= 11 is 0. The summed E-state index contributed by atoms with van der Waals surface area (Å²) in [5.74, 6) is -0.121. The Bertz CT molecular complexity index is 1090. The molecule has 138 valence electrons. The number of aromatic nitrogens is 2. The fraction of sp³-hybridized carbons (Fsp3) is 0.0833. The van der Waals surface area contributed by atoms with Crippen LogP contribution in [0.15, 0.2) is 91.1 Å². The molecule has 0 saturated carbocycles. The Balaban J connectivity index is 1.48. The minimum Gasteiger partial charge on any atom is -0.348 e. The third-order valence-electron chi connectivity index (χ3n) is 4.74. The number of hydrogen-bond acceptors (Lipinski definition) is 2. The highest BCUT2D eigenvalue weighted by Gasteiger charge is 2.14. The zero-order chi connectivity index (χ0) is 19.3. The van der Waals surface area contributed by atoms with Gasteiger partial charge in [-0.1, -0.05) is 66.7 Å². The quantitative estimate of drug-likeness (QED) is 0.552. The van der Waals surface area contributed by atoms with Crippen LogP contribution in [-0.4, -0.2) is 15.7 Å². The van der Waals surface area contributed by atoms with Crippen LogP contribution >= 0.6 is 0 Å². The number of carbonyl (C=O) groups excluding carboxylic acids is 1. The van der Waals surface area contributed by atoms with Gasteiger partial charge < -0.3 is 5.32 Å². The number of amides is 1. The average molecular weight is 367 g/mol. The Morgan fingerprint density at radius 1 is 0.893 bits per heavy atom. The molecule has 1 amide bonds. The van der Waals surface area contributed by atoms with Crippen LogP contribution in [0.4, 0.5) is 0 Å². The highest BCUT2D eigenvalue weighted by atomic mass is 16.1. The van der Waals surface area contributed by atoms with Crippen LogP contribution in [-0.2, 0) is 6.54 Å². The summed E-state index contributed by atoms with van der Waals surface area (Å²) in [4.78, 5) is 12.7. The molecule has 0 spiro atoms. The normalized spacial score (nSPS) is 10.6. The second kappa shape index (κ2) is 7.92. The lowest BCUT2D eigenvalue weighted by molar-refractivity contribution is 0.0950. The first-order chi connectivity index (χ1) is 13.7. The van der Waals surface area contributed by atoms with E-state index in [1.54, 1.807) is 10.9 Å². The number of rotatable bonds is 5. The van der Waals surface area contributed by atoms with Crippen LogP contribution in [0.5, 0.6) is 0 Å². The molecular weight excluding hydrogens is 346 g/mol. The molecule has 0 saturated heterocycles. The van der Waals surface area contributed by atoms with Gasteiger partial charge in [-0.2, -0.15) is 5.10 Å². The first kappa shape index (κ1) is 17.7. The fourth-order valence-corrected chi connectivity index (χ4v) is 3.23. The van der Waals surface area contributed by atoms with E-state index in [2.05, 4.69) is 34.7 Å². The van der Waals surface area contributed by atoms with Gasteiger partial charge in [-0.25, -0.2) is 4.68 Å². The number of nitrogens with zero attached hydrogens (tertiary/aromatic N) is 2. The summed E-state index contributed by atoms with van der Waals surface area (Å²) in [5, 5.41) is 7.38. The molecule has 1 N–H and O–H groups in total. The number of nitrogens with one attached hydrogen (secondary N) is 1. The van der Waals surface area contributed by atoms with Crippen molar-refractivity contribution in [2.24, 2.45) is 0 Å². The van der Waals surface area contributed by atoms with Crippen LogP contribution < -0.4 is 5.32 Å². The van der Waals surface area contributed by atoms with Gasteiger partial charge in [0, 0.05) is 6.54 Å². The molecule has 0 radical (unpaired) electrons. The van der Waals surface area contributed by atoms with E-state index in [-0.39, 0.29) is 5.91 Å². The largest absolute Gasteiger partial charge is 0.348 e. The number of hydrogen-bond donors (Lipinski definition) is 1. The molecular formula is C24H21N3O. The maximum absolute atomic E-state index is 12.7. The topological polar surface area (TPSA) is 46.9 Å². The van der Waals surface area contributed by atoms with Crippen LogP contribution in [0, 0.1) is 6.92 Å². The smallest absolute Gasteiger partial charge is 0.255 e. The van der Waals surface area contributed by atoms with Crippen molar-refractivity contribution in [3.8, 4) is 16.8 Å². The Hall–Kier alpha value is -3.66. The van der Waals surface area contributed by atoms with Gasteiger partial charge in [0.05, 0.1) is 23.1 Å². The van der Waals surface area contributed by atoms with Gasteiger partial charge >= 0.3 is 0 Å². The molecule has 0 aliphatic rings. The van der Waals surface area contributed by atoms with Crippen molar-refractivity contribution in [2.75, 3.05) is 0 Å². The van der Waals surface area contributed by atoms with Crippen LogP contribution in [0.3, 0.4) is 0 Å². The third kappa shape index (κ3) is 3.71. The van der Waals surface area contributed by atoms with Gasteiger partial charge in [0.25, 0.3) is 5.91 Å². The molecule has 1 heterocycles. The SMILES string of the molecule is Cc1c(C(=O)NCc2cccc(-c3ccccc3)c2)cnn1-c1ccccc1. The van der Waals surface area contributed by atoms with E-state index in [0.717, 1.165) is 28.1 Å². The Morgan fingerprint density at radius 2 is 1.57 bits per heavy atom. The van der Waals surface area contributed by atoms with E-state index in [4.69, 9.17) is 0 Å². The molecule has 0 bridgehead atoms. The number of para-hydroxylation sites is 1. The van der Waals surface area contributed by atoms with E-state index in [0.29, 0.717) is 12.1 Å². The van der Waals surface area contributed by atoms with Crippen molar-refractivity contribution in [1.82, 2.24) is 15.1 Å². The molecule has 4 nitrogen and oxygen atoms in total. The minimum absolute atomic E-state index is 0.121. The summed E-state index contributed by atoms with van der Waals surface area (Å²) in [5.41, 5.74) is 5.71. The lowest BCUT2D eigenvalue weighted by Crippen LogP contribution is -2.23. The monoisotopic (exact) mass is 367 g/mol. The summed E-state index contributed by atoms with van der Waals surface area (Å²) in [6, 6.07) is 28.2. The zero-order valence-corrected chi connectivity index (χ0v) is 15.7.